The number of aromatic nitrogens is 2. The molecule has 3 heterocycles. The Kier molecular flexibility index (Phi) is 4.90. The van der Waals surface area contributed by atoms with Crippen LogP contribution >= 0.6 is 0 Å². The lowest BCUT2D eigenvalue weighted by molar-refractivity contribution is -0.0344. The number of para-hydroxylation sites is 1. The van der Waals surface area contributed by atoms with Gasteiger partial charge in [0.15, 0.2) is 11.5 Å². The van der Waals surface area contributed by atoms with Crippen molar-refractivity contribution in [3.63, 3.8) is 0 Å². The first-order chi connectivity index (χ1) is 12.3. The molecule has 2 aliphatic rings. The summed E-state index contributed by atoms with van der Waals surface area (Å²) in [5.41, 5.74) is 1.14. The van der Waals surface area contributed by atoms with Crippen LogP contribution in [0.15, 0.2) is 30.6 Å². The second kappa shape index (κ2) is 7.45. The minimum absolute atomic E-state index is 0.0607. The first kappa shape index (κ1) is 16.4. The summed E-state index contributed by atoms with van der Waals surface area (Å²) in [7, 11) is 2.03. The Morgan fingerprint density at radius 2 is 2.16 bits per heavy atom. The second-order valence-corrected chi connectivity index (χ2v) is 6.66. The topological polar surface area (TPSA) is 57.5 Å². The van der Waals surface area contributed by atoms with Gasteiger partial charge in [-0.1, -0.05) is 12.1 Å². The van der Waals surface area contributed by atoms with E-state index in [0.29, 0.717) is 19.1 Å². The quantitative estimate of drug-likeness (QED) is 0.904. The van der Waals surface area contributed by atoms with Crippen LogP contribution in [0.5, 0.6) is 11.5 Å². The normalized spacial score (nSPS) is 22.8. The lowest BCUT2D eigenvalue weighted by Crippen LogP contribution is -2.33. The number of rotatable bonds is 5. The SMILES string of the molecule is Cn1ccnc1[C@@H]1OCCC[C@H]1CNCc1cccc2c1OCCO2. The number of ether oxygens (including phenoxy) is 3. The fourth-order valence-corrected chi connectivity index (χ4v) is 3.65. The Morgan fingerprint density at radius 3 is 3.04 bits per heavy atom. The monoisotopic (exact) mass is 343 g/mol. The van der Waals surface area contributed by atoms with Crippen LogP contribution < -0.4 is 14.8 Å². The number of nitrogens with one attached hydrogen (secondary N) is 1. The van der Waals surface area contributed by atoms with Gasteiger partial charge in [-0.25, -0.2) is 4.98 Å². The Morgan fingerprint density at radius 1 is 1.24 bits per heavy atom. The molecule has 0 amide bonds. The van der Waals surface area contributed by atoms with Crippen LogP contribution in [-0.4, -0.2) is 35.9 Å². The summed E-state index contributed by atoms with van der Waals surface area (Å²) in [5, 5.41) is 3.58. The van der Waals surface area contributed by atoms with Gasteiger partial charge in [0.25, 0.3) is 0 Å². The fourth-order valence-electron chi connectivity index (χ4n) is 3.65. The minimum atomic E-state index is 0.0607. The number of benzene rings is 1. The Bertz CT molecular complexity index is 716. The Labute approximate surface area is 148 Å². The van der Waals surface area contributed by atoms with Crippen molar-refractivity contribution in [2.24, 2.45) is 13.0 Å². The van der Waals surface area contributed by atoms with E-state index in [-0.39, 0.29) is 6.10 Å². The van der Waals surface area contributed by atoms with Crippen LogP contribution in [0.4, 0.5) is 0 Å². The zero-order valence-electron chi connectivity index (χ0n) is 14.6. The van der Waals surface area contributed by atoms with E-state index in [1.54, 1.807) is 0 Å². The zero-order chi connectivity index (χ0) is 17.1. The molecule has 1 fully saturated rings. The van der Waals surface area contributed by atoms with Gasteiger partial charge in [-0.3, -0.25) is 0 Å². The molecule has 1 aromatic heterocycles. The summed E-state index contributed by atoms with van der Waals surface area (Å²) in [6.45, 7) is 3.69. The second-order valence-electron chi connectivity index (χ2n) is 6.66. The van der Waals surface area contributed by atoms with Crippen molar-refractivity contribution < 1.29 is 14.2 Å². The Balaban J connectivity index is 1.40. The first-order valence-electron chi connectivity index (χ1n) is 9.00. The van der Waals surface area contributed by atoms with Crippen LogP contribution in [-0.2, 0) is 18.3 Å². The van der Waals surface area contributed by atoms with E-state index < -0.39 is 0 Å². The molecule has 25 heavy (non-hydrogen) atoms. The summed E-state index contributed by atoms with van der Waals surface area (Å²) < 4.78 is 19.5. The summed E-state index contributed by atoms with van der Waals surface area (Å²) in [6.07, 6.45) is 6.13. The zero-order valence-corrected chi connectivity index (χ0v) is 14.6. The standard InChI is InChI=1S/C19H25N3O3/c1-22-8-7-21-19(22)18-15(5-3-9-24-18)13-20-12-14-4-2-6-16-17(14)25-11-10-23-16/h2,4,6-8,15,18,20H,3,5,9-13H2,1H3/t15-,18+/m0/s1. The molecule has 4 rings (SSSR count). The molecular weight excluding hydrogens is 318 g/mol. The smallest absolute Gasteiger partial charge is 0.165 e. The Hall–Kier alpha value is -2.05. The molecule has 2 aliphatic heterocycles. The molecule has 6 nitrogen and oxygen atoms in total. The summed E-state index contributed by atoms with van der Waals surface area (Å²) >= 11 is 0. The fraction of sp³-hybridized carbons (Fsp3) is 0.526. The lowest BCUT2D eigenvalue weighted by atomic mass is 9.93. The molecule has 1 N–H and O–H groups in total. The number of nitrogens with zero attached hydrogens (tertiary/aromatic N) is 2. The molecule has 1 aromatic carbocycles. The summed E-state index contributed by atoms with van der Waals surface area (Å²) in [6, 6.07) is 6.07. The predicted molar refractivity (Wildman–Crippen MR) is 93.8 cm³/mol. The molecule has 2 aromatic rings. The molecule has 0 radical (unpaired) electrons. The molecule has 1 saturated heterocycles. The van der Waals surface area contributed by atoms with Crippen molar-refractivity contribution in [2.75, 3.05) is 26.4 Å². The van der Waals surface area contributed by atoms with E-state index in [1.165, 1.54) is 0 Å². The average Bonchev–Trinajstić information content (AvgIpc) is 3.08. The van der Waals surface area contributed by atoms with Crippen LogP contribution in [0.25, 0.3) is 0 Å². The molecule has 0 unspecified atom stereocenters. The van der Waals surface area contributed by atoms with Gasteiger partial charge in [-0.05, 0) is 18.9 Å². The number of hydrogen-bond acceptors (Lipinski definition) is 5. The maximum Gasteiger partial charge on any atom is 0.165 e. The first-order valence-corrected chi connectivity index (χ1v) is 9.00. The van der Waals surface area contributed by atoms with Crippen LogP contribution in [0.1, 0.15) is 30.3 Å². The van der Waals surface area contributed by atoms with E-state index in [2.05, 4.69) is 20.9 Å². The largest absolute Gasteiger partial charge is 0.486 e. The summed E-state index contributed by atoms with van der Waals surface area (Å²) in [5.74, 6) is 3.16. The van der Waals surface area contributed by atoms with Crippen molar-refractivity contribution in [1.82, 2.24) is 14.9 Å². The van der Waals surface area contributed by atoms with Crippen LogP contribution in [0, 0.1) is 5.92 Å². The maximum atomic E-state index is 6.04. The van der Waals surface area contributed by atoms with E-state index in [1.807, 2.05) is 31.6 Å². The molecule has 0 spiro atoms. The van der Waals surface area contributed by atoms with Gasteiger partial charge >= 0.3 is 0 Å². The van der Waals surface area contributed by atoms with Gasteiger partial charge in [-0.2, -0.15) is 0 Å². The van der Waals surface area contributed by atoms with Gasteiger partial charge in [0.2, 0.25) is 0 Å². The van der Waals surface area contributed by atoms with Crippen molar-refractivity contribution in [1.29, 1.82) is 0 Å². The minimum Gasteiger partial charge on any atom is -0.486 e. The van der Waals surface area contributed by atoms with Crippen LogP contribution in [0.2, 0.25) is 0 Å². The third-order valence-electron chi connectivity index (χ3n) is 4.93. The molecule has 0 aliphatic carbocycles. The third kappa shape index (κ3) is 3.50. The number of imidazole rings is 1. The maximum absolute atomic E-state index is 6.04. The number of aryl methyl sites for hydroxylation is 1. The molecule has 134 valence electrons. The van der Waals surface area contributed by atoms with Crippen molar-refractivity contribution in [3.05, 3.63) is 42.0 Å². The highest BCUT2D eigenvalue weighted by Crippen LogP contribution is 2.34. The van der Waals surface area contributed by atoms with E-state index in [0.717, 1.165) is 55.4 Å². The molecular formula is C19H25N3O3. The third-order valence-corrected chi connectivity index (χ3v) is 4.93. The van der Waals surface area contributed by atoms with Crippen molar-refractivity contribution in [2.45, 2.75) is 25.5 Å². The highest BCUT2D eigenvalue weighted by Gasteiger charge is 2.30. The highest BCUT2D eigenvalue weighted by atomic mass is 16.6. The van der Waals surface area contributed by atoms with Crippen molar-refractivity contribution in [3.8, 4) is 11.5 Å². The number of fused-ring (bicyclic) bond motifs is 1. The molecule has 0 bridgehead atoms. The molecule has 6 heteroatoms. The number of hydrogen-bond donors (Lipinski definition) is 1. The predicted octanol–water partition coefficient (Wildman–Crippen LogP) is 2.45. The van der Waals surface area contributed by atoms with Gasteiger partial charge < -0.3 is 24.1 Å². The van der Waals surface area contributed by atoms with Crippen LogP contribution in [0.3, 0.4) is 0 Å². The van der Waals surface area contributed by atoms with E-state index >= 15 is 0 Å². The summed E-state index contributed by atoms with van der Waals surface area (Å²) in [4.78, 5) is 4.49. The molecule has 0 saturated carbocycles. The van der Waals surface area contributed by atoms with Gasteiger partial charge in [0.1, 0.15) is 25.1 Å². The van der Waals surface area contributed by atoms with Crippen molar-refractivity contribution >= 4 is 0 Å². The average molecular weight is 343 g/mol. The van der Waals surface area contributed by atoms with E-state index in [4.69, 9.17) is 14.2 Å². The van der Waals surface area contributed by atoms with Gasteiger partial charge in [0.05, 0.1) is 0 Å². The van der Waals surface area contributed by atoms with E-state index in [9.17, 15) is 0 Å². The van der Waals surface area contributed by atoms with Gasteiger partial charge in [0, 0.05) is 50.6 Å². The lowest BCUT2D eigenvalue weighted by Gasteiger charge is -2.31. The highest BCUT2D eigenvalue weighted by molar-refractivity contribution is 5.47. The molecule has 2 atom stereocenters. The van der Waals surface area contributed by atoms with Gasteiger partial charge in [-0.15, -0.1) is 0 Å².